The number of carbonyl (C=O) groups excluding carboxylic acids is 1. The summed E-state index contributed by atoms with van der Waals surface area (Å²) >= 11 is 0. The van der Waals surface area contributed by atoms with Crippen molar-refractivity contribution in [1.82, 2.24) is 14.8 Å². The molecule has 2 N–H and O–H groups in total. The molecule has 25 heavy (non-hydrogen) atoms. The van der Waals surface area contributed by atoms with Gasteiger partial charge in [0.05, 0.1) is 0 Å². The first-order valence-corrected chi connectivity index (χ1v) is 8.17. The van der Waals surface area contributed by atoms with E-state index >= 15 is 0 Å². The van der Waals surface area contributed by atoms with E-state index in [0.717, 1.165) is 32.0 Å². The Bertz CT molecular complexity index is 548. The Morgan fingerprint density at radius 3 is 2.44 bits per heavy atom. The molecule has 0 aliphatic carbocycles. The number of rotatable bonds is 5. The summed E-state index contributed by atoms with van der Waals surface area (Å²) in [4.78, 5) is 23.4. The number of carbonyl (C=O) groups is 1. The van der Waals surface area contributed by atoms with Crippen LogP contribution in [0.15, 0.2) is 18.3 Å². The van der Waals surface area contributed by atoms with Crippen LogP contribution < -0.4 is 10.6 Å². The van der Waals surface area contributed by atoms with Gasteiger partial charge in [-0.25, -0.2) is 4.98 Å². The third-order valence-electron chi connectivity index (χ3n) is 4.38. The van der Waals surface area contributed by atoms with Gasteiger partial charge in [0.15, 0.2) is 0 Å². The van der Waals surface area contributed by atoms with Gasteiger partial charge in [-0.15, -0.1) is 24.8 Å². The summed E-state index contributed by atoms with van der Waals surface area (Å²) in [6, 6.07) is 3.69. The van der Waals surface area contributed by atoms with Gasteiger partial charge in [-0.1, -0.05) is 13.8 Å². The van der Waals surface area contributed by atoms with Gasteiger partial charge in [-0.2, -0.15) is 0 Å². The predicted molar refractivity (Wildman–Crippen MR) is 108 cm³/mol. The monoisotopic (exact) mass is 391 g/mol. The van der Waals surface area contributed by atoms with Crippen LogP contribution in [0, 0.1) is 5.41 Å². The molecule has 0 radical (unpaired) electrons. The highest BCUT2D eigenvalue weighted by atomic mass is 35.5. The second-order valence-electron chi connectivity index (χ2n) is 7.22. The van der Waals surface area contributed by atoms with Gasteiger partial charge in [0.2, 0.25) is 0 Å². The van der Waals surface area contributed by atoms with E-state index in [1.165, 1.54) is 0 Å². The highest BCUT2D eigenvalue weighted by Gasteiger charge is 2.23. The van der Waals surface area contributed by atoms with Crippen LogP contribution in [-0.2, 0) is 0 Å². The molecule has 144 valence electrons. The third-order valence-corrected chi connectivity index (χ3v) is 4.38. The SMILES string of the molecule is CN1CCN(c2cc(C(=O)N(C)CC(C)(C)CN)ccn2)CC1.Cl.Cl. The number of hydrogen-bond donors (Lipinski definition) is 1. The fourth-order valence-corrected chi connectivity index (χ4v) is 2.76. The summed E-state index contributed by atoms with van der Waals surface area (Å²) in [7, 11) is 3.95. The van der Waals surface area contributed by atoms with Gasteiger partial charge in [0.25, 0.3) is 5.91 Å². The van der Waals surface area contributed by atoms with Crippen molar-refractivity contribution in [2.45, 2.75) is 13.8 Å². The molecule has 1 aromatic heterocycles. The number of likely N-dealkylation sites (N-methyl/N-ethyl adjacent to an activating group) is 1. The van der Waals surface area contributed by atoms with Crippen molar-refractivity contribution in [3.8, 4) is 0 Å². The summed E-state index contributed by atoms with van der Waals surface area (Å²) in [5.74, 6) is 0.903. The molecule has 2 heterocycles. The highest BCUT2D eigenvalue weighted by molar-refractivity contribution is 5.94. The molecule has 2 rings (SSSR count). The van der Waals surface area contributed by atoms with E-state index in [1.807, 2.05) is 13.1 Å². The van der Waals surface area contributed by atoms with Gasteiger partial charge < -0.3 is 20.4 Å². The molecule has 1 aromatic rings. The minimum absolute atomic E-state index is 0. The molecule has 1 amide bonds. The molecule has 6 nitrogen and oxygen atoms in total. The molecule has 8 heteroatoms. The lowest BCUT2D eigenvalue weighted by Gasteiger charge is -2.33. The molecule has 0 aromatic carbocycles. The number of piperazine rings is 1. The fraction of sp³-hybridized carbons (Fsp3) is 0.647. The van der Waals surface area contributed by atoms with Crippen molar-refractivity contribution in [1.29, 1.82) is 0 Å². The Kier molecular flexibility index (Phi) is 9.72. The van der Waals surface area contributed by atoms with Crippen LogP contribution in [-0.4, -0.2) is 74.1 Å². The van der Waals surface area contributed by atoms with Crippen LogP contribution >= 0.6 is 24.8 Å². The van der Waals surface area contributed by atoms with E-state index in [9.17, 15) is 4.79 Å². The highest BCUT2D eigenvalue weighted by Crippen LogP contribution is 2.18. The van der Waals surface area contributed by atoms with Crippen molar-refractivity contribution in [3.63, 3.8) is 0 Å². The fourth-order valence-electron chi connectivity index (χ4n) is 2.76. The normalized spacial score (nSPS) is 15.2. The number of halogens is 2. The Morgan fingerprint density at radius 1 is 1.28 bits per heavy atom. The molecule has 0 spiro atoms. The first-order valence-electron chi connectivity index (χ1n) is 8.17. The average molecular weight is 392 g/mol. The standard InChI is InChI=1S/C17H29N5O.2ClH/c1-17(2,12-18)13-21(4)16(23)14-5-6-19-15(11-14)22-9-7-20(3)8-10-22;;/h5-6,11H,7-10,12-13,18H2,1-4H3;2*1H. The Morgan fingerprint density at radius 2 is 1.88 bits per heavy atom. The zero-order valence-corrected chi connectivity index (χ0v) is 17.2. The first-order chi connectivity index (χ1) is 10.8. The van der Waals surface area contributed by atoms with Crippen molar-refractivity contribution < 1.29 is 4.79 Å². The van der Waals surface area contributed by atoms with Gasteiger partial charge in [0, 0.05) is 51.5 Å². The van der Waals surface area contributed by atoms with Crippen molar-refractivity contribution in [2.24, 2.45) is 11.1 Å². The van der Waals surface area contributed by atoms with E-state index in [4.69, 9.17) is 5.73 Å². The molecule has 1 fully saturated rings. The molecular weight excluding hydrogens is 361 g/mol. The van der Waals surface area contributed by atoms with Crippen LogP contribution in [0.25, 0.3) is 0 Å². The lowest BCUT2D eigenvalue weighted by Crippen LogP contribution is -2.45. The smallest absolute Gasteiger partial charge is 0.253 e. The van der Waals surface area contributed by atoms with E-state index < -0.39 is 0 Å². The van der Waals surface area contributed by atoms with E-state index in [-0.39, 0.29) is 36.1 Å². The van der Waals surface area contributed by atoms with E-state index in [2.05, 4.69) is 35.7 Å². The molecular formula is C17H31Cl2N5O. The third kappa shape index (κ3) is 6.62. The maximum Gasteiger partial charge on any atom is 0.253 e. The van der Waals surface area contributed by atoms with Crippen LogP contribution in [0.3, 0.4) is 0 Å². The number of pyridine rings is 1. The van der Waals surface area contributed by atoms with Crippen molar-refractivity contribution in [3.05, 3.63) is 23.9 Å². The Balaban J connectivity index is 0.00000288. The van der Waals surface area contributed by atoms with Gasteiger partial charge in [0.1, 0.15) is 5.82 Å². The maximum absolute atomic E-state index is 12.7. The van der Waals surface area contributed by atoms with Gasteiger partial charge in [-0.3, -0.25) is 4.79 Å². The zero-order chi connectivity index (χ0) is 17.0. The molecule has 1 aliphatic heterocycles. The van der Waals surface area contributed by atoms with E-state index in [1.54, 1.807) is 17.2 Å². The summed E-state index contributed by atoms with van der Waals surface area (Å²) in [5, 5.41) is 0. The molecule has 1 aliphatic rings. The molecule has 0 unspecified atom stereocenters. The summed E-state index contributed by atoms with van der Waals surface area (Å²) in [6.45, 7) is 9.24. The van der Waals surface area contributed by atoms with Crippen molar-refractivity contribution in [2.75, 3.05) is 58.3 Å². The minimum atomic E-state index is -0.0856. The number of aromatic nitrogens is 1. The van der Waals surface area contributed by atoms with Crippen LogP contribution in [0.1, 0.15) is 24.2 Å². The number of nitrogens with two attached hydrogens (primary N) is 1. The van der Waals surface area contributed by atoms with Crippen LogP contribution in [0.5, 0.6) is 0 Å². The topological polar surface area (TPSA) is 65.7 Å². The number of amides is 1. The largest absolute Gasteiger partial charge is 0.354 e. The van der Waals surface area contributed by atoms with Crippen molar-refractivity contribution >= 4 is 36.5 Å². The van der Waals surface area contributed by atoms with E-state index in [0.29, 0.717) is 18.7 Å². The summed E-state index contributed by atoms with van der Waals surface area (Å²) < 4.78 is 0. The second-order valence-corrected chi connectivity index (χ2v) is 7.22. The van der Waals surface area contributed by atoms with Crippen LogP contribution in [0.2, 0.25) is 0 Å². The lowest BCUT2D eigenvalue weighted by atomic mass is 9.93. The molecule has 1 saturated heterocycles. The number of nitrogens with zero attached hydrogens (tertiary/aromatic N) is 4. The van der Waals surface area contributed by atoms with Crippen LogP contribution in [0.4, 0.5) is 5.82 Å². The van der Waals surface area contributed by atoms with Gasteiger partial charge >= 0.3 is 0 Å². The lowest BCUT2D eigenvalue weighted by molar-refractivity contribution is 0.0740. The molecule has 0 atom stereocenters. The molecule has 0 saturated carbocycles. The quantitative estimate of drug-likeness (QED) is 0.827. The number of hydrogen-bond acceptors (Lipinski definition) is 5. The summed E-state index contributed by atoms with van der Waals surface area (Å²) in [5.41, 5.74) is 6.37. The zero-order valence-electron chi connectivity index (χ0n) is 15.6. The first kappa shape index (κ1) is 23.9. The molecule has 0 bridgehead atoms. The number of anilines is 1. The maximum atomic E-state index is 12.7. The predicted octanol–water partition coefficient (Wildman–Crippen LogP) is 1.73. The Hall–Kier alpha value is -1.08. The average Bonchev–Trinajstić information content (AvgIpc) is 2.54. The van der Waals surface area contributed by atoms with Gasteiger partial charge in [-0.05, 0) is 31.1 Å². The Labute approximate surface area is 163 Å². The summed E-state index contributed by atoms with van der Waals surface area (Å²) in [6.07, 6.45) is 1.73. The second kappa shape index (κ2) is 10.2. The minimum Gasteiger partial charge on any atom is -0.354 e.